The number of pyridine rings is 1. The van der Waals surface area contributed by atoms with Crippen molar-refractivity contribution < 1.29 is 9.53 Å². The van der Waals surface area contributed by atoms with Gasteiger partial charge in [0.15, 0.2) is 0 Å². The Bertz CT molecular complexity index is 792. The summed E-state index contributed by atoms with van der Waals surface area (Å²) in [5.74, 6) is 0.676. The molecule has 0 bridgehead atoms. The number of piperidine rings is 1. The first-order valence-electron chi connectivity index (χ1n) is 9.96. The zero-order valence-electron chi connectivity index (χ0n) is 15.9. The van der Waals surface area contributed by atoms with Crippen molar-refractivity contribution in [2.45, 2.75) is 64.5 Å². The topological polar surface area (TPSA) is 47.4 Å². The number of nitrogens with zero attached hydrogens (tertiary/aromatic N) is 3. The third-order valence-electron chi connectivity index (χ3n) is 5.96. The smallest absolute Gasteiger partial charge is 0.242 e. The largest absolute Gasteiger partial charge is 0.381 e. The predicted octanol–water partition coefficient (Wildman–Crippen LogP) is 3.64. The molecule has 0 spiro atoms. The maximum absolute atomic E-state index is 13.1. The van der Waals surface area contributed by atoms with Crippen LogP contribution in [-0.4, -0.2) is 46.2 Å². The first-order chi connectivity index (χ1) is 12.6. The molecule has 4 rings (SSSR count). The van der Waals surface area contributed by atoms with Crippen LogP contribution in [0.1, 0.15) is 56.2 Å². The molecule has 2 saturated heterocycles. The van der Waals surface area contributed by atoms with Gasteiger partial charge in [-0.2, -0.15) is 0 Å². The second-order valence-corrected chi connectivity index (χ2v) is 7.90. The molecular weight excluding hydrogens is 326 g/mol. The van der Waals surface area contributed by atoms with Crippen LogP contribution in [-0.2, 0) is 16.1 Å². The molecule has 0 saturated carbocycles. The van der Waals surface area contributed by atoms with E-state index in [1.165, 1.54) is 12.1 Å². The van der Waals surface area contributed by atoms with Crippen molar-refractivity contribution in [1.82, 2.24) is 14.5 Å². The van der Waals surface area contributed by atoms with Crippen molar-refractivity contribution in [3.8, 4) is 0 Å². The van der Waals surface area contributed by atoms with E-state index in [9.17, 15) is 4.79 Å². The van der Waals surface area contributed by atoms with Crippen LogP contribution in [0.25, 0.3) is 11.0 Å². The number of hydrogen-bond acceptors (Lipinski definition) is 3. The van der Waals surface area contributed by atoms with Gasteiger partial charge < -0.3 is 14.2 Å². The Morgan fingerprint density at radius 2 is 2.04 bits per heavy atom. The van der Waals surface area contributed by atoms with Crippen molar-refractivity contribution in [1.29, 1.82) is 0 Å². The van der Waals surface area contributed by atoms with E-state index in [4.69, 9.17) is 4.74 Å². The molecule has 1 amide bonds. The average molecular weight is 355 g/mol. The van der Waals surface area contributed by atoms with Crippen LogP contribution in [0.3, 0.4) is 0 Å². The molecule has 2 aromatic rings. The number of hydrogen-bond donors (Lipinski definition) is 0. The minimum absolute atomic E-state index is 0.227. The number of carbonyl (C=O) groups is 1. The highest BCUT2D eigenvalue weighted by molar-refractivity contribution is 5.82. The fraction of sp³-hybridized carbons (Fsp3) is 0.619. The van der Waals surface area contributed by atoms with Gasteiger partial charge in [-0.05, 0) is 63.6 Å². The molecule has 0 radical (unpaired) electrons. The van der Waals surface area contributed by atoms with Gasteiger partial charge in [-0.15, -0.1) is 0 Å². The van der Waals surface area contributed by atoms with E-state index in [1.807, 2.05) is 6.20 Å². The standard InChI is InChI=1S/C21H29N3O2/c1-15-11-18-12-19(17-6-9-26-10-7-17)24(21(18)22-13-15)14-20(25)23-8-4-3-5-16(23)2/h11-13,16-17H,3-10,14H2,1-2H3/t16-/m1/s1. The van der Waals surface area contributed by atoms with E-state index in [-0.39, 0.29) is 5.91 Å². The summed E-state index contributed by atoms with van der Waals surface area (Å²) >= 11 is 0. The highest BCUT2D eigenvalue weighted by atomic mass is 16.5. The molecule has 2 aromatic heterocycles. The Morgan fingerprint density at radius 3 is 2.81 bits per heavy atom. The maximum Gasteiger partial charge on any atom is 0.242 e. The van der Waals surface area contributed by atoms with Gasteiger partial charge >= 0.3 is 0 Å². The van der Waals surface area contributed by atoms with Crippen molar-refractivity contribution >= 4 is 16.9 Å². The van der Waals surface area contributed by atoms with Crippen LogP contribution in [0.5, 0.6) is 0 Å². The molecule has 0 aliphatic carbocycles. The summed E-state index contributed by atoms with van der Waals surface area (Å²) in [7, 11) is 0. The minimum Gasteiger partial charge on any atom is -0.381 e. The molecule has 140 valence electrons. The summed E-state index contributed by atoms with van der Waals surface area (Å²) in [6, 6.07) is 4.77. The summed E-state index contributed by atoms with van der Waals surface area (Å²) < 4.78 is 7.72. The lowest BCUT2D eigenvalue weighted by Crippen LogP contribution is -2.43. The number of fused-ring (bicyclic) bond motifs is 1. The van der Waals surface area contributed by atoms with Crippen LogP contribution in [0.2, 0.25) is 0 Å². The van der Waals surface area contributed by atoms with Crippen LogP contribution in [0, 0.1) is 6.92 Å². The van der Waals surface area contributed by atoms with E-state index < -0.39 is 0 Å². The molecule has 0 aromatic carbocycles. The van der Waals surface area contributed by atoms with Crippen LogP contribution in [0.15, 0.2) is 18.3 Å². The lowest BCUT2D eigenvalue weighted by molar-refractivity contribution is -0.135. The first-order valence-corrected chi connectivity index (χ1v) is 9.96. The van der Waals surface area contributed by atoms with Crippen LogP contribution in [0.4, 0.5) is 0 Å². The van der Waals surface area contributed by atoms with E-state index in [2.05, 4.69) is 40.4 Å². The summed E-state index contributed by atoms with van der Waals surface area (Å²) in [4.78, 5) is 19.8. The zero-order valence-corrected chi connectivity index (χ0v) is 15.9. The van der Waals surface area contributed by atoms with E-state index in [0.717, 1.165) is 62.0 Å². The Balaban J connectivity index is 1.68. The molecule has 2 aliphatic heterocycles. The number of ether oxygens (including phenoxy) is 1. The number of aryl methyl sites for hydroxylation is 1. The molecule has 26 heavy (non-hydrogen) atoms. The fourth-order valence-electron chi connectivity index (χ4n) is 4.47. The third-order valence-corrected chi connectivity index (χ3v) is 5.96. The third kappa shape index (κ3) is 3.37. The lowest BCUT2D eigenvalue weighted by atomic mass is 9.96. The van der Waals surface area contributed by atoms with Crippen molar-refractivity contribution in [2.24, 2.45) is 0 Å². The van der Waals surface area contributed by atoms with Crippen molar-refractivity contribution in [2.75, 3.05) is 19.8 Å². The van der Waals surface area contributed by atoms with Gasteiger partial charge in [0.1, 0.15) is 12.2 Å². The Kier molecular flexibility index (Phi) is 4.98. The zero-order chi connectivity index (χ0) is 18.1. The Labute approximate surface area is 155 Å². The minimum atomic E-state index is 0.227. The highest BCUT2D eigenvalue weighted by Crippen LogP contribution is 2.32. The second kappa shape index (κ2) is 7.39. The lowest BCUT2D eigenvalue weighted by Gasteiger charge is -2.34. The van der Waals surface area contributed by atoms with Crippen molar-refractivity contribution in [3.63, 3.8) is 0 Å². The molecule has 0 unspecified atom stereocenters. The Hall–Kier alpha value is -1.88. The van der Waals surface area contributed by atoms with Gasteiger partial charge in [0.25, 0.3) is 0 Å². The molecule has 5 nitrogen and oxygen atoms in total. The van der Waals surface area contributed by atoms with Gasteiger partial charge in [-0.3, -0.25) is 4.79 Å². The van der Waals surface area contributed by atoms with Crippen LogP contribution < -0.4 is 0 Å². The number of carbonyl (C=O) groups excluding carboxylic acids is 1. The molecule has 2 fully saturated rings. The number of amides is 1. The van der Waals surface area contributed by atoms with Gasteiger partial charge in [0.05, 0.1) is 0 Å². The number of likely N-dealkylation sites (tertiary alicyclic amines) is 1. The summed E-state index contributed by atoms with van der Waals surface area (Å²) in [5.41, 5.74) is 3.35. The summed E-state index contributed by atoms with van der Waals surface area (Å²) in [5, 5.41) is 1.14. The maximum atomic E-state index is 13.1. The van der Waals surface area contributed by atoms with Gasteiger partial charge in [0, 0.05) is 49.0 Å². The van der Waals surface area contributed by atoms with E-state index in [0.29, 0.717) is 18.5 Å². The predicted molar refractivity (Wildman–Crippen MR) is 102 cm³/mol. The van der Waals surface area contributed by atoms with Gasteiger partial charge in [-0.25, -0.2) is 4.98 Å². The second-order valence-electron chi connectivity index (χ2n) is 7.90. The number of rotatable bonds is 3. The summed E-state index contributed by atoms with van der Waals surface area (Å²) in [6.07, 6.45) is 7.40. The van der Waals surface area contributed by atoms with Gasteiger partial charge in [-0.1, -0.05) is 0 Å². The monoisotopic (exact) mass is 355 g/mol. The van der Waals surface area contributed by atoms with Crippen LogP contribution >= 0.6 is 0 Å². The number of aromatic nitrogens is 2. The molecule has 5 heteroatoms. The quantitative estimate of drug-likeness (QED) is 0.844. The van der Waals surface area contributed by atoms with E-state index in [1.54, 1.807) is 0 Å². The average Bonchev–Trinajstić information content (AvgIpc) is 3.00. The highest BCUT2D eigenvalue weighted by Gasteiger charge is 2.27. The molecule has 0 N–H and O–H groups in total. The Morgan fingerprint density at radius 1 is 1.23 bits per heavy atom. The fourth-order valence-corrected chi connectivity index (χ4v) is 4.47. The van der Waals surface area contributed by atoms with E-state index >= 15 is 0 Å². The van der Waals surface area contributed by atoms with Crippen molar-refractivity contribution in [3.05, 3.63) is 29.6 Å². The SMILES string of the molecule is Cc1cnc2c(c1)cc(C1CCOCC1)n2CC(=O)N1CCCC[C@H]1C. The molecular formula is C21H29N3O2. The van der Waals surface area contributed by atoms with Gasteiger partial charge in [0.2, 0.25) is 5.91 Å². The molecule has 1 atom stereocenters. The summed E-state index contributed by atoms with van der Waals surface area (Å²) in [6.45, 7) is 7.13. The molecule has 4 heterocycles. The normalized spacial score (nSPS) is 22.1. The molecule has 2 aliphatic rings. The first kappa shape index (κ1) is 17.5.